The number of benzene rings is 2. The zero-order chi connectivity index (χ0) is 22.0. The highest BCUT2D eigenvalue weighted by Gasteiger charge is 2.43. The molecule has 4 rings (SSSR count). The molecule has 160 valence electrons. The van der Waals surface area contributed by atoms with Crippen LogP contribution in [0.3, 0.4) is 0 Å². The molecule has 2 atom stereocenters. The highest BCUT2D eigenvalue weighted by molar-refractivity contribution is 6.08. The zero-order valence-electron chi connectivity index (χ0n) is 16.8. The number of aliphatic carboxylic acids is 1. The van der Waals surface area contributed by atoms with E-state index in [1.165, 1.54) is 29.3 Å². The lowest BCUT2D eigenvalue weighted by Gasteiger charge is -2.29. The molecule has 7 heteroatoms. The van der Waals surface area contributed by atoms with E-state index in [0.29, 0.717) is 0 Å². The largest absolute Gasteiger partial charge is 0.481 e. The Hall–Kier alpha value is -3.35. The second-order valence-electron chi connectivity index (χ2n) is 7.83. The van der Waals surface area contributed by atoms with Crippen molar-refractivity contribution in [1.29, 1.82) is 0 Å². The molecule has 1 aliphatic heterocycles. The van der Waals surface area contributed by atoms with Crippen molar-refractivity contribution in [3.63, 3.8) is 0 Å². The molecule has 5 nitrogen and oxygen atoms in total. The number of hydrogen-bond donors (Lipinski definition) is 1. The lowest BCUT2D eigenvalue weighted by atomic mass is 9.77. The number of halogens is 2. The number of allylic oxidation sites excluding steroid dienone is 1. The molecule has 0 bridgehead atoms. The number of carbonyl (C=O) groups is 2. The number of amides is 1. The molecule has 2 aliphatic rings. The topological polar surface area (TPSA) is 70.0 Å². The first-order valence-corrected chi connectivity index (χ1v) is 10.3. The quantitative estimate of drug-likeness (QED) is 0.738. The third kappa shape index (κ3) is 4.55. The molecule has 0 radical (unpaired) electrons. The Bertz CT molecular complexity index is 1050. The molecule has 1 N–H and O–H groups in total. The van der Waals surface area contributed by atoms with Gasteiger partial charge in [0.15, 0.2) is 0 Å². The van der Waals surface area contributed by atoms with E-state index in [2.05, 4.69) is 5.10 Å². The predicted molar refractivity (Wildman–Crippen MR) is 112 cm³/mol. The van der Waals surface area contributed by atoms with Crippen molar-refractivity contribution in [3.8, 4) is 0 Å². The average molecular weight is 424 g/mol. The van der Waals surface area contributed by atoms with Crippen molar-refractivity contribution in [1.82, 2.24) is 5.01 Å². The van der Waals surface area contributed by atoms with Gasteiger partial charge in [-0.1, -0.05) is 24.3 Å². The predicted octanol–water partition coefficient (Wildman–Crippen LogP) is 4.95. The van der Waals surface area contributed by atoms with Gasteiger partial charge in [-0.25, -0.2) is 13.8 Å². The van der Waals surface area contributed by atoms with Crippen molar-refractivity contribution in [2.75, 3.05) is 0 Å². The molecule has 1 heterocycles. The number of carboxylic acids is 1. The second kappa shape index (κ2) is 8.79. The molecule has 2 aromatic rings. The molecule has 2 unspecified atom stereocenters. The third-order valence-electron chi connectivity index (χ3n) is 5.73. The maximum Gasteiger partial charge on any atom is 0.303 e. The average Bonchev–Trinajstić information content (AvgIpc) is 3.15. The number of hydrogen-bond acceptors (Lipinski definition) is 3. The van der Waals surface area contributed by atoms with Gasteiger partial charge < -0.3 is 5.11 Å². The van der Waals surface area contributed by atoms with Crippen LogP contribution in [0.4, 0.5) is 8.78 Å². The van der Waals surface area contributed by atoms with Crippen LogP contribution >= 0.6 is 0 Å². The van der Waals surface area contributed by atoms with Gasteiger partial charge in [-0.2, -0.15) is 5.10 Å². The first-order valence-electron chi connectivity index (χ1n) is 10.3. The van der Waals surface area contributed by atoms with Gasteiger partial charge in [0.05, 0.1) is 18.2 Å². The molecule has 1 saturated carbocycles. The van der Waals surface area contributed by atoms with Crippen LogP contribution in [-0.2, 0) is 9.59 Å². The van der Waals surface area contributed by atoms with Crippen LogP contribution in [0.2, 0.25) is 0 Å². The summed E-state index contributed by atoms with van der Waals surface area (Å²) in [4.78, 5) is 23.8. The number of hydrazone groups is 1. The summed E-state index contributed by atoms with van der Waals surface area (Å²) in [6.07, 6.45) is 4.00. The van der Waals surface area contributed by atoms with Crippen LogP contribution in [0.15, 0.2) is 59.2 Å². The molecule has 1 aliphatic carbocycles. The monoisotopic (exact) mass is 424 g/mol. The van der Waals surface area contributed by atoms with Gasteiger partial charge in [-0.05, 0) is 66.3 Å². The minimum atomic E-state index is -1.05. The fraction of sp³-hybridized carbons (Fsp3) is 0.292. The van der Waals surface area contributed by atoms with E-state index < -0.39 is 12.0 Å². The Balaban J connectivity index is 1.70. The van der Waals surface area contributed by atoms with E-state index in [1.807, 2.05) is 6.08 Å². The normalized spacial score (nSPS) is 21.7. The van der Waals surface area contributed by atoms with Crippen molar-refractivity contribution < 1.29 is 23.5 Å². The van der Waals surface area contributed by atoms with E-state index in [-0.39, 0.29) is 36.3 Å². The Kier molecular flexibility index (Phi) is 5.93. The van der Waals surface area contributed by atoms with Crippen molar-refractivity contribution >= 4 is 23.7 Å². The van der Waals surface area contributed by atoms with Crippen LogP contribution in [0.25, 0.3) is 6.08 Å². The number of nitrogens with zero attached hydrogens (tertiary/aromatic N) is 2. The number of carbonyl (C=O) groups excluding carboxylic acids is 1. The summed E-state index contributed by atoms with van der Waals surface area (Å²) >= 11 is 0. The minimum Gasteiger partial charge on any atom is -0.481 e. The van der Waals surface area contributed by atoms with Gasteiger partial charge in [-0.15, -0.1) is 0 Å². The summed E-state index contributed by atoms with van der Waals surface area (Å²) in [5.41, 5.74) is 3.36. The highest BCUT2D eigenvalue weighted by atomic mass is 19.1. The van der Waals surface area contributed by atoms with E-state index >= 15 is 0 Å². The van der Waals surface area contributed by atoms with Gasteiger partial charge in [0.2, 0.25) is 5.91 Å². The van der Waals surface area contributed by atoms with E-state index in [4.69, 9.17) is 5.11 Å². The molecular weight excluding hydrogens is 402 g/mol. The summed E-state index contributed by atoms with van der Waals surface area (Å²) in [7, 11) is 0. The van der Waals surface area contributed by atoms with Gasteiger partial charge in [-0.3, -0.25) is 9.59 Å². The lowest BCUT2D eigenvalue weighted by molar-refractivity contribution is -0.141. The van der Waals surface area contributed by atoms with Crippen LogP contribution in [0.1, 0.15) is 49.3 Å². The molecular formula is C24H22F2N2O3. The van der Waals surface area contributed by atoms with Crippen molar-refractivity contribution in [2.24, 2.45) is 11.0 Å². The first-order chi connectivity index (χ1) is 14.9. The third-order valence-corrected chi connectivity index (χ3v) is 5.73. The molecule has 31 heavy (non-hydrogen) atoms. The molecule has 0 aromatic heterocycles. The SMILES string of the molecule is O=C(O)CCC(=O)N1N=C2C(=Cc3ccc(F)cc3)CCCC2C1c1ccc(F)cc1. The summed E-state index contributed by atoms with van der Waals surface area (Å²) in [6, 6.07) is 11.8. The first kappa shape index (κ1) is 20.9. The smallest absolute Gasteiger partial charge is 0.303 e. The maximum absolute atomic E-state index is 13.5. The summed E-state index contributed by atoms with van der Waals surface area (Å²) in [5.74, 6) is -2.17. The lowest BCUT2D eigenvalue weighted by Crippen LogP contribution is -2.32. The molecule has 1 amide bonds. The number of rotatable bonds is 5. The van der Waals surface area contributed by atoms with Gasteiger partial charge in [0.25, 0.3) is 0 Å². The Labute approximate surface area is 178 Å². The number of fused-ring (bicyclic) bond motifs is 1. The number of carboxylic acid groups (broad SMARTS) is 1. The Morgan fingerprint density at radius 2 is 1.68 bits per heavy atom. The van der Waals surface area contributed by atoms with Gasteiger partial charge in [0, 0.05) is 12.3 Å². The van der Waals surface area contributed by atoms with Crippen LogP contribution in [0.5, 0.6) is 0 Å². The van der Waals surface area contributed by atoms with Crippen LogP contribution < -0.4 is 0 Å². The van der Waals surface area contributed by atoms with E-state index in [0.717, 1.165) is 41.7 Å². The van der Waals surface area contributed by atoms with Crippen molar-refractivity contribution in [2.45, 2.75) is 38.1 Å². The second-order valence-corrected chi connectivity index (χ2v) is 7.83. The minimum absolute atomic E-state index is 0.0697. The van der Waals surface area contributed by atoms with Gasteiger partial charge in [0.1, 0.15) is 11.6 Å². The van der Waals surface area contributed by atoms with Crippen molar-refractivity contribution in [3.05, 3.63) is 76.9 Å². The van der Waals surface area contributed by atoms with Crippen LogP contribution in [-0.4, -0.2) is 27.7 Å². The summed E-state index contributed by atoms with van der Waals surface area (Å²) < 4.78 is 26.8. The summed E-state index contributed by atoms with van der Waals surface area (Å²) in [6.45, 7) is 0. The fourth-order valence-corrected chi connectivity index (χ4v) is 4.29. The van der Waals surface area contributed by atoms with E-state index in [9.17, 15) is 18.4 Å². The summed E-state index contributed by atoms with van der Waals surface area (Å²) in [5, 5.41) is 15.0. The Morgan fingerprint density at radius 1 is 1.03 bits per heavy atom. The molecule has 1 fully saturated rings. The maximum atomic E-state index is 13.5. The zero-order valence-corrected chi connectivity index (χ0v) is 16.8. The molecule has 0 saturated heterocycles. The standard InChI is InChI=1S/C24H22F2N2O3/c25-18-8-4-15(5-9-18)14-17-2-1-3-20-23(17)27-28(21(29)12-13-22(30)31)24(20)16-6-10-19(26)11-7-16/h4-11,14,20,24H,1-3,12-13H2,(H,30,31). The molecule has 2 aromatic carbocycles. The Morgan fingerprint density at radius 3 is 2.32 bits per heavy atom. The molecule has 0 spiro atoms. The van der Waals surface area contributed by atoms with E-state index in [1.54, 1.807) is 24.3 Å². The fourth-order valence-electron chi connectivity index (χ4n) is 4.29. The van der Waals surface area contributed by atoms with Gasteiger partial charge >= 0.3 is 5.97 Å². The van der Waals surface area contributed by atoms with Crippen LogP contribution in [0, 0.1) is 17.6 Å². The highest BCUT2D eigenvalue weighted by Crippen LogP contribution is 2.44.